The molecule has 0 atom stereocenters. The van der Waals surface area contributed by atoms with Crippen molar-refractivity contribution >= 4 is 43.1 Å². The summed E-state index contributed by atoms with van der Waals surface area (Å²) in [7, 11) is 1.96. The number of nitrogens with zero attached hydrogens (tertiary/aromatic N) is 2. The molecule has 21 heavy (non-hydrogen) atoms. The molecule has 112 valence electrons. The maximum Gasteiger partial charge on any atom is 0.104 e. The molecule has 2 aromatic heterocycles. The van der Waals surface area contributed by atoms with Gasteiger partial charge in [-0.1, -0.05) is 0 Å². The molecule has 3 rings (SSSR count). The largest absolute Gasteiger partial charge is 0.395 e. The Kier molecular flexibility index (Phi) is 3.75. The fraction of sp³-hybridized carbons (Fsp3) is 0.333. The summed E-state index contributed by atoms with van der Waals surface area (Å²) in [5, 5.41) is 21.7. The van der Waals surface area contributed by atoms with Crippen molar-refractivity contribution in [3.63, 3.8) is 0 Å². The monoisotopic (exact) mass is 305 g/mol. The minimum Gasteiger partial charge on any atom is -0.395 e. The molecular formula is C15H19N3O2S. The Morgan fingerprint density at radius 1 is 1.14 bits per heavy atom. The lowest BCUT2D eigenvalue weighted by atomic mass is 10.2. The van der Waals surface area contributed by atoms with Crippen LogP contribution in [0.1, 0.15) is 0 Å². The van der Waals surface area contributed by atoms with E-state index < -0.39 is 0 Å². The van der Waals surface area contributed by atoms with E-state index in [2.05, 4.69) is 18.2 Å². The van der Waals surface area contributed by atoms with Crippen molar-refractivity contribution in [3.05, 3.63) is 24.3 Å². The van der Waals surface area contributed by atoms with Gasteiger partial charge in [-0.15, -0.1) is 11.3 Å². The van der Waals surface area contributed by atoms with Gasteiger partial charge in [-0.3, -0.25) is 0 Å². The number of nitrogen functional groups attached to an aromatic ring is 1. The fourth-order valence-corrected chi connectivity index (χ4v) is 3.79. The zero-order chi connectivity index (χ0) is 15.0. The standard InChI is InChI=1S/C15H19N3O2S/c1-17-12-2-3-13-11(10(12)8-14(17)16)9-15(21-13)18(4-6-19)5-7-20/h2-3,8-9,19-20H,4-7,16H2,1H3. The van der Waals surface area contributed by atoms with Gasteiger partial charge in [-0.05, 0) is 24.3 Å². The maximum atomic E-state index is 9.17. The second-order valence-electron chi connectivity index (χ2n) is 5.06. The van der Waals surface area contributed by atoms with Crippen LogP contribution in [-0.2, 0) is 7.05 Å². The van der Waals surface area contributed by atoms with Gasteiger partial charge in [0.05, 0.1) is 23.7 Å². The van der Waals surface area contributed by atoms with Gasteiger partial charge in [0.2, 0.25) is 0 Å². The van der Waals surface area contributed by atoms with E-state index in [0.717, 1.165) is 21.7 Å². The molecule has 6 heteroatoms. The van der Waals surface area contributed by atoms with E-state index >= 15 is 0 Å². The number of benzene rings is 1. The lowest BCUT2D eigenvalue weighted by Gasteiger charge is -2.20. The summed E-state index contributed by atoms with van der Waals surface area (Å²) in [5.41, 5.74) is 7.11. The van der Waals surface area contributed by atoms with Crippen molar-refractivity contribution in [2.45, 2.75) is 0 Å². The molecule has 0 bridgehead atoms. The molecule has 0 radical (unpaired) electrons. The first-order valence-electron chi connectivity index (χ1n) is 6.90. The molecule has 0 aliphatic carbocycles. The lowest BCUT2D eigenvalue weighted by molar-refractivity contribution is 0.281. The van der Waals surface area contributed by atoms with E-state index in [1.165, 1.54) is 10.1 Å². The molecule has 0 spiro atoms. The summed E-state index contributed by atoms with van der Waals surface area (Å²) in [5.74, 6) is 0.743. The van der Waals surface area contributed by atoms with Crippen LogP contribution in [0.4, 0.5) is 10.8 Å². The van der Waals surface area contributed by atoms with Gasteiger partial charge in [0, 0.05) is 35.6 Å². The molecule has 1 aromatic carbocycles. The van der Waals surface area contributed by atoms with Gasteiger partial charge in [-0.25, -0.2) is 0 Å². The highest BCUT2D eigenvalue weighted by molar-refractivity contribution is 7.23. The van der Waals surface area contributed by atoms with Crippen molar-refractivity contribution in [1.82, 2.24) is 4.57 Å². The van der Waals surface area contributed by atoms with Crippen LogP contribution in [-0.4, -0.2) is 41.1 Å². The van der Waals surface area contributed by atoms with Crippen LogP contribution in [0.25, 0.3) is 21.0 Å². The number of aromatic nitrogens is 1. The SMILES string of the molecule is Cn1c(N)cc2c3cc(N(CCO)CCO)sc3ccc21. The smallest absolute Gasteiger partial charge is 0.104 e. The Morgan fingerprint density at radius 2 is 1.86 bits per heavy atom. The lowest BCUT2D eigenvalue weighted by Crippen LogP contribution is -2.28. The number of rotatable bonds is 5. The Balaban J connectivity index is 2.14. The predicted octanol–water partition coefficient (Wildman–Crippen LogP) is 1.77. The number of fused-ring (bicyclic) bond motifs is 3. The summed E-state index contributed by atoms with van der Waals surface area (Å²) in [4.78, 5) is 2.00. The van der Waals surface area contributed by atoms with Gasteiger partial charge < -0.3 is 25.4 Å². The maximum absolute atomic E-state index is 9.17. The number of anilines is 2. The van der Waals surface area contributed by atoms with E-state index in [-0.39, 0.29) is 13.2 Å². The normalized spacial score (nSPS) is 11.6. The molecule has 0 saturated carbocycles. The third-order valence-electron chi connectivity index (χ3n) is 3.80. The van der Waals surface area contributed by atoms with Crippen molar-refractivity contribution in [2.24, 2.45) is 7.05 Å². The Hall–Kier alpha value is -1.76. The van der Waals surface area contributed by atoms with Gasteiger partial charge in [0.15, 0.2) is 0 Å². The number of thiophene rings is 1. The minimum atomic E-state index is 0.0714. The third-order valence-corrected chi connectivity index (χ3v) is 4.96. The van der Waals surface area contributed by atoms with Crippen LogP contribution in [0.5, 0.6) is 0 Å². The van der Waals surface area contributed by atoms with Crippen LogP contribution in [0, 0.1) is 0 Å². The zero-order valence-corrected chi connectivity index (χ0v) is 12.7. The molecule has 3 aromatic rings. The molecule has 4 N–H and O–H groups in total. The average molecular weight is 305 g/mol. The quantitative estimate of drug-likeness (QED) is 0.671. The molecular weight excluding hydrogens is 286 g/mol. The minimum absolute atomic E-state index is 0.0714. The van der Waals surface area contributed by atoms with Crippen LogP contribution >= 0.6 is 11.3 Å². The zero-order valence-electron chi connectivity index (χ0n) is 11.9. The summed E-state index contributed by atoms with van der Waals surface area (Å²) >= 11 is 1.67. The highest BCUT2D eigenvalue weighted by Crippen LogP contribution is 2.38. The van der Waals surface area contributed by atoms with E-state index in [4.69, 9.17) is 5.73 Å². The summed E-state index contributed by atoms with van der Waals surface area (Å²) in [6.07, 6.45) is 0. The van der Waals surface area contributed by atoms with E-state index in [0.29, 0.717) is 13.1 Å². The Labute approximate surface area is 126 Å². The van der Waals surface area contributed by atoms with Crippen LogP contribution in [0.2, 0.25) is 0 Å². The highest BCUT2D eigenvalue weighted by Gasteiger charge is 2.13. The summed E-state index contributed by atoms with van der Waals surface area (Å²) < 4.78 is 3.16. The fourth-order valence-electron chi connectivity index (χ4n) is 2.67. The predicted molar refractivity (Wildman–Crippen MR) is 89.1 cm³/mol. The highest BCUT2D eigenvalue weighted by atomic mass is 32.1. The number of hydrogen-bond acceptors (Lipinski definition) is 5. The van der Waals surface area contributed by atoms with Crippen LogP contribution < -0.4 is 10.6 Å². The van der Waals surface area contributed by atoms with Crippen molar-refractivity contribution in [1.29, 1.82) is 0 Å². The van der Waals surface area contributed by atoms with Gasteiger partial charge in [-0.2, -0.15) is 0 Å². The summed E-state index contributed by atoms with van der Waals surface area (Å²) in [6.45, 7) is 1.19. The van der Waals surface area contributed by atoms with Gasteiger partial charge in [0.1, 0.15) is 5.82 Å². The van der Waals surface area contributed by atoms with Crippen molar-refractivity contribution in [3.8, 4) is 0 Å². The number of aryl methyl sites for hydroxylation is 1. The molecule has 0 fully saturated rings. The number of hydrogen-bond donors (Lipinski definition) is 3. The Morgan fingerprint density at radius 3 is 2.52 bits per heavy atom. The first-order valence-corrected chi connectivity index (χ1v) is 7.71. The van der Waals surface area contributed by atoms with Gasteiger partial charge in [0.25, 0.3) is 0 Å². The second-order valence-corrected chi connectivity index (χ2v) is 6.12. The number of aliphatic hydroxyl groups excluding tert-OH is 2. The molecule has 5 nitrogen and oxygen atoms in total. The average Bonchev–Trinajstić information content (AvgIpc) is 3.01. The van der Waals surface area contributed by atoms with Crippen LogP contribution in [0.15, 0.2) is 24.3 Å². The van der Waals surface area contributed by atoms with E-state index in [9.17, 15) is 10.2 Å². The van der Waals surface area contributed by atoms with Crippen LogP contribution in [0.3, 0.4) is 0 Å². The molecule has 2 heterocycles. The molecule has 0 aliphatic rings. The topological polar surface area (TPSA) is 74.7 Å². The number of aliphatic hydroxyl groups is 2. The second kappa shape index (κ2) is 5.55. The molecule has 0 unspecified atom stereocenters. The molecule has 0 amide bonds. The first kappa shape index (κ1) is 14.2. The first-order chi connectivity index (χ1) is 10.2. The van der Waals surface area contributed by atoms with Crippen molar-refractivity contribution < 1.29 is 10.2 Å². The molecule has 0 saturated heterocycles. The summed E-state index contributed by atoms with van der Waals surface area (Å²) in [6, 6.07) is 8.29. The van der Waals surface area contributed by atoms with E-state index in [1.54, 1.807) is 11.3 Å². The Bertz CT molecular complexity index is 772. The third kappa shape index (κ3) is 2.35. The molecule has 0 aliphatic heterocycles. The van der Waals surface area contributed by atoms with Crippen molar-refractivity contribution in [2.75, 3.05) is 36.9 Å². The van der Waals surface area contributed by atoms with Gasteiger partial charge >= 0.3 is 0 Å². The number of nitrogens with two attached hydrogens (primary N) is 1. The van der Waals surface area contributed by atoms with E-state index in [1.807, 2.05) is 22.6 Å².